The third-order valence-corrected chi connectivity index (χ3v) is 4.86. The van der Waals surface area contributed by atoms with E-state index in [9.17, 15) is 4.79 Å². The molecule has 0 fully saturated rings. The lowest BCUT2D eigenvalue weighted by molar-refractivity contribution is -0.110. The van der Waals surface area contributed by atoms with Crippen LogP contribution in [0.5, 0.6) is 5.75 Å². The predicted octanol–water partition coefficient (Wildman–Crippen LogP) is 5.39. The number of rotatable bonds is 4. The summed E-state index contributed by atoms with van der Waals surface area (Å²) in [6.45, 7) is 2.51. The highest BCUT2D eigenvalue weighted by atomic mass is 16.5. The standard InChI is InChI=1S/C24H18N2O3/c1-2-28-21-9-5-3-7-15(21)13-18-17-12-11-16(14-20(17)25-23(18)27)24-26-19-8-4-6-10-22(19)29-24/h3-14H,2H2,1H3,(H,25,27). The van der Waals surface area contributed by atoms with Gasteiger partial charge in [0.1, 0.15) is 11.3 Å². The van der Waals surface area contributed by atoms with E-state index in [1.807, 2.05) is 79.7 Å². The summed E-state index contributed by atoms with van der Waals surface area (Å²) in [6, 6.07) is 21.1. The van der Waals surface area contributed by atoms with Crippen LogP contribution in [0.2, 0.25) is 0 Å². The summed E-state index contributed by atoms with van der Waals surface area (Å²) in [4.78, 5) is 17.2. The van der Waals surface area contributed by atoms with Crippen LogP contribution in [-0.4, -0.2) is 17.5 Å². The molecule has 2 heterocycles. The highest BCUT2D eigenvalue weighted by Gasteiger charge is 2.25. The van der Waals surface area contributed by atoms with Crippen molar-refractivity contribution in [1.29, 1.82) is 0 Å². The van der Waals surface area contributed by atoms with E-state index in [2.05, 4.69) is 10.3 Å². The maximum absolute atomic E-state index is 12.6. The molecule has 0 aliphatic carbocycles. The van der Waals surface area contributed by atoms with Crippen molar-refractivity contribution in [3.8, 4) is 17.2 Å². The van der Waals surface area contributed by atoms with Gasteiger partial charge in [-0.1, -0.05) is 36.4 Å². The molecule has 0 atom stereocenters. The molecule has 142 valence electrons. The van der Waals surface area contributed by atoms with Crippen LogP contribution in [0, 0.1) is 0 Å². The van der Waals surface area contributed by atoms with Gasteiger partial charge in [0.05, 0.1) is 6.61 Å². The number of ether oxygens (including phenoxy) is 1. The summed E-state index contributed by atoms with van der Waals surface area (Å²) < 4.78 is 11.5. The van der Waals surface area contributed by atoms with Crippen molar-refractivity contribution in [2.24, 2.45) is 0 Å². The minimum Gasteiger partial charge on any atom is -0.493 e. The number of aromatic nitrogens is 1. The molecular formula is C24H18N2O3. The summed E-state index contributed by atoms with van der Waals surface area (Å²) in [5, 5.41) is 2.95. The molecule has 1 N–H and O–H groups in total. The summed E-state index contributed by atoms with van der Waals surface area (Å²) in [6.07, 6.45) is 1.87. The zero-order valence-electron chi connectivity index (χ0n) is 15.8. The highest BCUT2D eigenvalue weighted by Crippen LogP contribution is 2.37. The molecule has 0 spiro atoms. The number of nitrogens with zero attached hydrogens (tertiary/aromatic N) is 1. The minimum absolute atomic E-state index is 0.138. The van der Waals surface area contributed by atoms with Gasteiger partial charge in [-0.3, -0.25) is 4.79 Å². The minimum atomic E-state index is -0.138. The van der Waals surface area contributed by atoms with Crippen LogP contribution < -0.4 is 10.1 Å². The molecule has 5 nitrogen and oxygen atoms in total. The van der Waals surface area contributed by atoms with Gasteiger partial charge in [0.2, 0.25) is 5.89 Å². The Morgan fingerprint density at radius 1 is 1.07 bits per heavy atom. The van der Waals surface area contributed by atoms with Gasteiger partial charge in [0.25, 0.3) is 5.91 Å². The zero-order chi connectivity index (χ0) is 19.8. The maximum Gasteiger partial charge on any atom is 0.256 e. The number of hydrogen-bond donors (Lipinski definition) is 1. The van der Waals surface area contributed by atoms with E-state index >= 15 is 0 Å². The Kier molecular flexibility index (Phi) is 4.13. The topological polar surface area (TPSA) is 64.4 Å². The van der Waals surface area contributed by atoms with E-state index in [0.29, 0.717) is 18.1 Å². The normalized spacial score (nSPS) is 14.2. The molecule has 0 radical (unpaired) electrons. The molecular weight excluding hydrogens is 364 g/mol. The molecule has 0 unspecified atom stereocenters. The fourth-order valence-electron chi connectivity index (χ4n) is 3.51. The van der Waals surface area contributed by atoms with Crippen LogP contribution in [0.4, 0.5) is 5.69 Å². The number of oxazole rings is 1. The van der Waals surface area contributed by atoms with Crippen LogP contribution in [-0.2, 0) is 4.79 Å². The lowest BCUT2D eigenvalue weighted by atomic mass is 10.0. The lowest BCUT2D eigenvalue weighted by Crippen LogP contribution is -2.03. The molecule has 0 saturated heterocycles. The van der Waals surface area contributed by atoms with E-state index in [-0.39, 0.29) is 5.91 Å². The summed E-state index contributed by atoms with van der Waals surface area (Å²) in [7, 11) is 0. The third-order valence-electron chi connectivity index (χ3n) is 4.86. The first-order chi connectivity index (χ1) is 14.2. The summed E-state index contributed by atoms with van der Waals surface area (Å²) in [5.41, 5.74) is 5.43. The van der Waals surface area contributed by atoms with Gasteiger partial charge in [-0.05, 0) is 43.3 Å². The van der Waals surface area contributed by atoms with Gasteiger partial charge in [0, 0.05) is 28.0 Å². The number of amides is 1. The van der Waals surface area contributed by atoms with Gasteiger partial charge in [0.15, 0.2) is 5.58 Å². The Balaban J connectivity index is 1.55. The highest BCUT2D eigenvalue weighted by molar-refractivity contribution is 6.35. The first-order valence-corrected chi connectivity index (χ1v) is 9.48. The molecule has 1 aliphatic heterocycles. The molecule has 0 saturated carbocycles. The molecule has 0 bridgehead atoms. The Hall–Kier alpha value is -3.86. The van der Waals surface area contributed by atoms with Crippen LogP contribution in [0.3, 0.4) is 0 Å². The monoisotopic (exact) mass is 382 g/mol. The van der Waals surface area contributed by atoms with Gasteiger partial charge in [-0.25, -0.2) is 4.98 Å². The van der Waals surface area contributed by atoms with E-state index in [1.165, 1.54) is 0 Å². The number of hydrogen-bond acceptors (Lipinski definition) is 4. The van der Waals surface area contributed by atoms with Crippen LogP contribution in [0.25, 0.3) is 34.2 Å². The second-order valence-electron chi connectivity index (χ2n) is 6.73. The number of carbonyl (C=O) groups excluding carboxylic acids is 1. The van der Waals surface area contributed by atoms with Crippen molar-refractivity contribution in [2.75, 3.05) is 11.9 Å². The summed E-state index contributed by atoms with van der Waals surface area (Å²) >= 11 is 0. The van der Waals surface area contributed by atoms with Crippen molar-refractivity contribution >= 4 is 34.3 Å². The predicted molar refractivity (Wildman–Crippen MR) is 114 cm³/mol. The smallest absolute Gasteiger partial charge is 0.256 e. The molecule has 4 aromatic rings. The first-order valence-electron chi connectivity index (χ1n) is 9.48. The Bertz CT molecular complexity index is 1240. The van der Waals surface area contributed by atoms with Gasteiger partial charge >= 0.3 is 0 Å². The molecule has 5 heteroatoms. The van der Waals surface area contributed by atoms with E-state index in [0.717, 1.165) is 39.2 Å². The molecule has 3 aromatic carbocycles. The van der Waals surface area contributed by atoms with E-state index in [1.54, 1.807) is 0 Å². The average Bonchev–Trinajstić information content (AvgIpc) is 3.30. The van der Waals surface area contributed by atoms with E-state index in [4.69, 9.17) is 9.15 Å². The van der Waals surface area contributed by atoms with Gasteiger partial charge in [-0.2, -0.15) is 0 Å². The zero-order valence-corrected chi connectivity index (χ0v) is 15.8. The second-order valence-corrected chi connectivity index (χ2v) is 6.73. The first kappa shape index (κ1) is 17.3. The lowest BCUT2D eigenvalue weighted by Gasteiger charge is -2.07. The van der Waals surface area contributed by atoms with Crippen molar-refractivity contribution in [3.63, 3.8) is 0 Å². The largest absolute Gasteiger partial charge is 0.493 e. The van der Waals surface area contributed by atoms with Crippen molar-refractivity contribution < 1.29 is 13.9 Å². The molecule has 1 aromatic heterocycles. The van der Waals surface area contributed by atoms with Crippen LogP contribution in [0.15, 0.2) is 71.1 Å². The Morgan fingerprint density at radius 3 is 2.76 bits per heavy atom. The molecule has 1 aliphatic rings. The average molecular weight is 382 g/mol. The molecule has 1 amide bonds. The number of anilines is 1. The number of nitrogens with one attached hydrogen (secondary N) is 1. The quantitative estimate of drug-likeness (QED) is 0.481. The number of carbonyl (C=O) groups is 1. The molecule has 29 heavy (non-hydrogen) atoms. The number of benzene rings is 3. The Morgan fingerprint density at radius 2 is 1.90 bits per heavy atom. The second kappa shape index (κ2) is 6.95. The number of para-hydroxylation sites is 3. The fraction of sp³-hybridized carbons (Fsp3) is 0.0833. The fourth-order valence-corrected chi connectivity index (χ4v) is 3.51. The van der Waals surface area contributed by atoms with Crippen molar-refractivity contribution in [1.82, 2.24) is 4.98 Å². The number of fused-ring (bicyclic) bond motifs is 2. The van der Waals surface area contributed by atoms with Crippen molar-refractivity contribution in [2.45, 2.75) is 6.92 Å². The van der Waals surface area contributed by atoms with Gasteiger partial charge < -0.3 is 14.5 Å². The molecule has 5 rings (SSSR count). The van der Waals surface area contributed by atoms with Crippen LogP contribution >= 0.6 is 0 Å². The van der Waals surface area contributed by atoms with E-state index < -0.39 is 0 Å². The van der Waals surface area contributed by atoms with Crippen molar-refractivity contribution in [3.05, 3.63) is 77.9 Å². The Labute approximate surface area is 167 Å². The third kappa shape index (κ3) is 3.06. The maximum atomic E-state index is 12.6. The summed E-state index contributed by atoms with van der Waals surface area (Å²) in [5.74, 6) is 1.15. The van der Waals surface area contributed by atoms with Crippen LogP contribution in [0.1, 0.15) is 18.1 Å². The SMILES string of the molecule is CCOc1ccccc1C=C1C(=O)Nc2cc(-c3nc4ccccc4o3)ccc21. The van der Waals surface area contributed by atoms with Gasteiger partial charge in [-0.15, -0.1) is 0 Å².